The van der Waals surface area contributed by atoms with Crippen LogP contribution in [0.25, 0.3) is 0 Å². The van der Waals surface area contributed by atoms with E-state index in [-0.39, 0.29) is 0 Å². The summed E-state index contributed by atoms with van der Waals surface area (Å²) in [6.45, 7) is 0. The molecule has 0 fully saturated rings. The number of hydrogen-bond donors (Lipinski definition) is 0. The van der Waals surface area contributed by atoms with Crippen LogP contribution in [0.2, 0.25) is 0 Å². The van der Waals surface area contributed by atoms with Crippen LogP contribution in [0.1, 0.15) is 16.7 Å². The zero-order valence-electron chi connectivity index (χ0n) is 14.6. The molecular formula is C22H19O4-. The first-order valence-electron chi connectivity index (χ1n) is 8.19. The second kappa shape index (κ2) is 7.31. The minimum absolute atomic E-state index is 0.461. The number of hydrogen-bond acceptors (Lipinski definition) is 4. The molecule has 3 aromatic carbocycles. The highest BCUT2D eigenvalue weighted by atomic mass is 16.5. The van der Waals surface area contributed by atoms with Crippen LogP contribution in [-0.2, 0) is 10.2 Å². The van der Waals surface area contributed by atoms with Crippen molar-refractivity contribution in [3.8, 4) is 11.5 Å². The lowest BCUT2D eigenvalue weighted by Gasteiger charge is -2.37. The lowest BCUT2D eigenvalue weighted by atomic mass is 9.69. The van der Waals surface area contributed by atoms with Gasteiger partial charge >= 0.3 is 0 Å². The molecule has 0 saturated carbocycles. The highest BCUT2D eigenvalue weighted by Crippen LogP contribution is 2.42. The third kappa shape index (κ3) is 2.80. The van der Waals surface area contributed by atoms with Crippen molar-refractivity contribution in [2.45, 2.75) is 5.41 Å². The van der Waals surface area contributed by atoms with Crippen molar-refractivity contribution < 1.29 is 19.4 Å². The average Bonchev–Trinajstić information content (AvgIpc) is 2.70. The summed E-state index contributed by atoms with van der Waals surface area (Å²) in [5, 5.41) is 12.6. The van der Waals surface area contributed by atoms with E-state index in [1.54, 1.807) is 42.5 Å². The number of carboxylic acids is 1. The lowest BCUT2D eigenvalue weighted by molar-refractivity contribution is -0.310. The predicted molar refractivity (Wildman–Crippen MR) is 97.3 cm³/mol. The number of methoxy groups -OCH3 is 2. The fraction of sp³-hybridized carbons (Fsp3) is 0.136. The molecule has 4 nitrogen and oxygen atoms in total. The highest BCUT2D eigenvalue weighted by molar-refractivity contribution is 5.89. The summed E-state index contributed by atoms with van der Waals surface area (Å²) in [6.07, 6.45) is 0. The average molecular weight is 347 g/mol. The summed E-state index contributed by atoms with van der Waals surface area (Å²) in [6, 6.07) is 23.3. The normalized spacial score (nSPS) is 11.0. The molecule has 0 bridgehead atoms. The molecule has 0 spiro atoms. The van der Waals surface area contributed by atoms with Crippen molar-refractivity contribution in [3.05, 3.63) is 95.6 Å². The summed E-state index contributed by atoms with van der Waals surface area (Å²) in [5.41, 5.74) is 0.284. The van der Waals surface area contributed by atoms with E-state index in [0.717, 1.165) is 0 Å². The van der Waals surface area contributed by atoms with Crippen molar-refractivity contribution in [3.63, 3.8) is 0 Å². The van der Waals surface area contributed by atoms with Gasteiger partial charge in [-0.2, -0.15) is 0 Å². The summed E-state index contributed by atoms with van der Waals surface area (Å²) >= 11 is 0. The van der Waals surface area contributed by atoms with E-state index in [1.807, 2.05) is 36.4 Å². The SMILES string of the molecule is COc1ccc(C(C(=O)[O-])(c2ccccc2)c2ccccc2)cc1OC. The van der Waals surface area contributed by atoms with Gasteiger partial charge in [0.2, 0.25) is 0 Å². The molecule has 26 heavy (non-hydrogen) atoms. The van der Waals surface area contributed by atoms with Gasteiger partial charge in [0, 0.05) is 0 Å². The highest BCUT2D eigenvalue weighted by Gasteiger charge is 2.38. The Labute approximate surface area is 152 Å². The topological polar surface area (TPSA) is 58.6 Å². The molecule has 0 aliphatic rings. The number of carboxylic acid groups (broad SMARTS) is 1. The van der Waals surface area contributed by atoms with Crippen LogP contribution < -0.4 is 14.6 Å². The molecule has 132 valence electrons. The van der Waals surface area contributed by atoms with Gasteiger partial charge < -0.3 is 19.4 Å². The van der Waals surface area contributed by atoms with E-state index >= 15 is 0 Å². The zero-order valence-corrected chi connectivity index (χ0v) is 14.6. The fourth-order valence-corrected chi connectivity index (χ4v) is 3.30. The van der Waals surface area contributed by atoms with Crippen molar-refractivity contribution in [1.82, 2.24) is 0 Å². The van der Waals surface area contributed by atoms with Gasteiger partial charge in [-0.05, 0) is 28.8 Å². The molecule has 4 heteroatoms. The van der Waals surface area contributed by atoms with E-state index < -0.39 is 11.4 Å². The third-order valence-corrected chi connectivity index (χ3v) is 4.54. The second-order valence-electron chi connectivity index (χ2n) is 5.84. The van der Waals surface area contributed by atoms with Crippen molar-refractivity contribution >= 4 is 5.97 Å². The second-order valence-corrected chi connectivity index (χ2v) is 5.84. The minimum atomic E-state index is -1.47. The standard InChI is InChI=1S/C22H20O4/c1-25-19-14-13-18(15-20(19)26-2)22(21(23)24,16-9-5-3-6-10-16)17-11-7-4-8-12-17/h3-15H,1-2H3,(H,23,24)/p-1. The van der Waals surface area contributed by atoms with Gasteiger partial charge in [-0.1, -0.05) is 66.7 Å². The number of carbonyl (C=O) groups excluding carboxylic acids is 1. The van der Waals surface area contributed by atoms with Gasteiger partial charge in [-0.3, -0.25) is 0 Å². The largest absolute Gasteiger partial charge is 0.548 e. The van der Waals surface area contributed by atoms with Crippen LogP contribution >= 0.6 is 0 Å². The molecule has 0 heterocycles. The van der Waals surface area contributed by atoms with Crippen molar-refractivity contribution in [2.75, 3.05) is 14.2 Å². The molecule has 0 aliphatic heterocycles. The molecule has 0 unspecified atom stereocenters. The van der Waals surface area contributed by atoms with Gasteiger partial charge in [-0.25, -0.2) is 0 Å². The van der Waals surface area contributed by atoms with E-state index in [1.165, 1.54) is 14.2 Å². The maximum absolute atomic E-state index is 12.6. The molecular weight excluding hydrogens is 328 g/mol. The maximum Gasteiger partial charge on any atom is 0.161 e. The Morgan fingerprint density at radius 1 is 0.731 bits per heavy atom. The van der Waals surface area contributed by atoms with Crippen LogP contribution in [-0.4, -0.2) is 20.2 Å². The predicted octanol–water partition coefficient (Wildman–Crippen LogP) is 2.79. The minimum Gasteiger partial charge on any atom is -0.548 e. The maximum atomic E-state index is 12.6. The smallest absolute Gasteiger partial charge is 0.161 e. The molecule has 0 amide bonds. The first kappa shape index (κ1) is 17.5. The molecule has 0 saturated heterocycles. The Kier molecular flexibility index (Phi) is 4.94. The number of benzene rings is 3. The Bertz CT molecular complexity index is 849. The first-order chi connectivity index (χ1) is 12.6. The Morgan fingerprint density at radius 3 is 1.65 bits per heavy atom. The van der Waals surface area contributed by atoms with E-state index in [2.05, 4.69) is 0 Å². The molecule has 0 radical (unpaired) electrons. The van der Waals surface area contributed by atoms with Crippen LogP contribution in [0.4, 0.5) is 0 Å². The fourth-order valence-electron chi connectivity index (χ4n) is 3.30. The summed E-state index contributed by atoms with van der Waals surface area (Å²) < 4.78 is 10.7. The first-order valence-corrected chi connectivity index (χ1v) is 8.19. The van der Waals surface area contributed by atoms with E-state index in [4.69, 9.17) is 9.47 Å². The molecule has 0 atom stereocenters. The van der Waals surface area contributed by atoms with Gasteiger partial charge in [0.15, 0.2) is 11.5 Å². The summed E-state index contributed by atoms with van der Waals surface area (Å²) in [5.74, 6) is -0.214. The molecule has 0 aromatic heterocycles. The monoisotopic (exact) mass is 347 g/mol. The Hall–Kier alpha value is -3.27. The lowest BCUT2D eigenvalue weighted by Crippen LogP contribution is -2.47. The molecule has 0 N–H and O–H groups in total. The Balaban J connectivity index is 2.36. The number of carbonyl (C=O) groups is 1. The zero-order chi connectivity index (χ0) is 18.6. The van der Waals surface area contributed by atoms with Crippen LogP contribution in [0.3, 0.4) is 0 Å². The van der Waals surface area contributed by atoms with Gasteiger partial charge in [-0.15, -0.1) is 0 Å². The Morgan fingerprint density at radius 2 is 1.23 bits per heavy atom. The van der Waals surface area contributed by atoms with Crippen LogP contribution in [0.5, 0.6) is 11.5 Å². The summed E-state index contributed by atoms with van der Waals surface area (Å²) in [7, 11) is 3.06. The number of ether oxygens (including phenoxy) is 2. The molecule has 3 aromatic rings. The van der Waals surface area contributed by atoms with Gasteiger partial charge in [0.25, 0.3) is 0 Å². The van der Waals surface area contributed by atoms with Crippen molar-refractivity contribution in [1.29, 1.82) is 0 Å². The third-order valence-electron chi connectivity index (χ3n) is 4.54. The van der Waals surface area contributed by atoms with Crippen molar-refractivity contribution in [2.24, 2.45) is 0 Å². The number of rotatable bonds is 6. The van der Waals surface area contributed by atoms with Gasteiger partial charge in [0.1, 0.15) is 0 Å². The van der Waals surface area contributed by atoms with Crippen LogP contribution in [0.15, 0.2) is 78.9 Å². The molecule has 0 aliphatic carbocycles. The molecule has 3 rings (SSSR count). The summed E-state index contributed by atoms with van der Waals surface area (Å²) in [4.78, 5) is 12.6. The van der Waals surface area contributed by atoms with Crippen LogP contribution in [0, 0.1) is 0 Å². The van der Waals surface area contributed by atoms with E-state index in [0.29, 0.717) is 28.2 Å². The quantitative estimate of drug-likeness (QED) is 0.644. The number of aliphatic carboxylic acids is 1. The van der Waals surface area contributed by atoms with E-state index in [9.17, 15) is 9.90 Å². The van der Waals surface area contributed by atoms with Gasteiger partial charge in [0.05, 0.1) is 25.6 Å².